The molecule has 1 N–H and O–H groups in total. The van der Waals surface area contributed by atoms with Gasteiger partial charge in [-0.15, -0.1) is 0 Å². The third kappa shape index (κ3) is 6.58. The number of hydrogen-bond acceptors (Lipinski definition) is 9. The summed E-state index contributed by atoms with van der Waals surface area (Å²) in [5, 5.41) is 7.58. The minimum Gasteiger partial charge on any atom is -0.468 e. The number of nitrogens with one attached hydrogen (secondary N) is 1. The van der Waals surface area contributed by atoms with E-state index in [1.165, 1.54) is 14.2 Å². The van der Waals surface area contributed by atoms with Crippen molar-refractivity contribution in [1.82, 2.24) is 29.7 Å². The standard InChI is InChI=1S/C31H36N6O5/c1-21-7-6-8-22(17-21)24-18-32-37-16-13-26(33-30(24)37)31(40)34-25-9-4-5-10-27(25)35-14-11-23(12-15-35)36(19-28(38)41-2)20-29(39)42-3/h4-10,13,16-18,23,25,27H,11-12,14-15,19-20H2,1-3H3,(H,34,40). The van der Waals surface area contributed by atoms with Crippen LogP contribution in [0.5, 0.6) is 0 Å². The molecule has 1 saturated heterocycles. The molecule has 0 bridgehead atoms. The third-order valence-corrected chi connectivity index (χ3v) is 7.89. The van der Waals surface area contributed by atoms with E-state index in [0.717, 1.165) is 42.6 Å². The summed E-state index contributed by atoms with van der Waals surface area (Å²) in [6.07, 6.45) is 13.0. The van der Waals surface area contributed by atoms with Crippen LogP contribution in [-0.4, -0.2) is 101 Å². The molecule has 0 radical (unpaired) electrons. The molecular weight excluding hydrogens is 536 g/mol. The van der Waals surface area contributed by atoms with Gasteiger partial charge in [0, 0.05) is 30.9 Å². The van der Waals surface area contributed by atoms with Crippen molar-refractivity contribution in [2.75, 3.05) is 40.4 Å². The van der Waals surface area contributed by atoms with Gasteiger partial charge in [-0.1, -0.05) is 54.1 Å². The van der Waals surface area contributed by atoms with Gasteiger partial charge >= 0.3 is 11.9 Å². The summed E-state index contributed by atoms with van der Waals surface area (Å²) in [5.41, 5.74) is 3.93. The fraction of sp³-hybridized carbons (Fsp3) is 0.387. The highest BCUT2D eigenvalue weighted by Gasteiger charge is 2.33. The Labute approximate surface area is 244 Å². The SMILES string of the molecule is COC(=O)CN(CC(=O)OC)C1CCN(C2C=CC=CC2NC(=O)c2ccn3ncc(-c4cccc(C)c4)c3n2)CC1. The Morgan fingerprint density at radius 2 is 1.74 bits per heavy atom. The molecule has 0 saturated carbocycles. The lowest BCUT2D eigenvalue weighted by atomic mass is 9.95. The monoisotopic (exact) mass is 572 g/mol. The second-order valence-corrected chi connectivity index (χ2v) is 10.6. The number of likely N-dealkylation sites (tertiary alicyclic amines) is 1. The van der Waals surface area contributed by atoms with Crippen LogP contribution in [0.25, 0.3) is 16.8 Å². The number of rotatable bonds is 9. The summed E-state index contributed by atoms with van der Waals surface area (Å²) in [5.74, 6) is -1.04. The highest BCUT2D eigenvalue weighted by atomic mass is 16.5. The highest BCUT2D eigenvalue weighted by molar-refractivity contribution is 5.93. The van der Waals surface area contributed by atoms with E-state index in [1.807, 2.05) is 48.3 Å². The van der Waals surface area contributed by atoms with Crippen molar-refractivity contribution >= 4 is 23.5 Å². The molecule has 11 heteroatoms. The van der Waals surface area contributed by atoms with Gasteiger partial charge in [-0.2, -0.15) is 5.10 Å². The first-order chi connectivity index (χ1) is 20.4. The second-order valence-electron chi connectivity index (χ2n) is 10.6. The number of amides is 1. The summed E-state index contributed by atoms with van der Waals surface area (Å²) in [6, 6.07) is 9.52. The van der Waals surface area contributed by atoms with E-state index in [9.17, 15) is 14.4 Å². The van der Waals surface area contributed by atoms with E-state index in [0.29, 0.717) is 11.3 Å². The molecule has 2 unspecified atom stereocenters. The number of piperidine rings is 1. The molecule has 5 rings (SSSR count). The largest absolute Gasteiger partial charge is 0.468 e. The van der Waals surface area contributed by atoms with Gasteiger partial charge in [0.1, 0.15) is 5.69 Å². The Morgan fingerprint density at radius 1 is 1.02 bits per heavy atom. The number of carbonyl (C=O) groups is 3. The number of benzene rings is 1. The number of allylic oxidation sites excluding steroid dienone is 2. The second kappa shape index (κ2) is 13.1. The van der Waals surface area contributed by atoms with Crippen molar-refractivity contribution in [3.63, 3.8) is 0 Å². The molecule has 1 aliphatic heterocycles. The van der Waals surface area contributed by atoms with E-state index in [-0.39, 0.29) is 37.1 Å². The molecule has 1 aromatic carbocycles. The summed E-state index contributed by atoms with van der Waals surface area (Å²) in [4.78, 5) is 46.2. The first kappa shape index (κ1) is 29.2. The number of nitrogens with zero attached hydrogens (tertiary/aromatic N) is 5. The van der Waals surface area contributed by atoms with Crippen LogP contribution in [-0.2, 0) is 19.1 Å². The van der Waals surface area contributed by atoms with Crippen molar-refractivity contribution in [3.8, 4) is 11.1 Å². The van der Waals surface area contributed by atoms with Gasteiger partial charge in [0.15, 0.2) is 5.65 Å². The Bertz CT molecular complexity index is 1490. The maximum Gasteiger partial charge on any atom is 0.319 e. The Balaban J connectivity index is 1.26. The first-order valence-electron chi connectivity index (χ1n) is 14.0. The normalized spacial score (nSPS) is 19.2. The predicted molar refractivity (Wildman–Crippen MR) is 157 cm³/mol. The van der Waals surface area contributed by atoms with E-state index in [4.69, 9.17) is 9.47 Å². The number of fused-ring (bicyclic) bond motifs is 1. The van der Waals surface area contributed by atoms with Crippen LogP contribution in [0, 0.1) is 6.92 Å². The predicted octanol–water partition coefficient (Wildman–Crippen LogP) is 2.41. The van der Waals surface area contributed by atoms with Crippen molar-refractivity contribution in [3.05, 3.63) is 78.3 Å². The van der Waals surface area contributed by atoms with Crippen LogP contribution in [0.4, 0.5) is 0 Å². The van der Waals surface area contributed by atoms with Gasteiger partial charge in [-0.05, 0) is 31.4 Å². The zero-order valence-corrected chi connectivity index (χ0v) is 24.1. The number of hydrogen-bond donors (Lipinski definition) is 1. The van der Waals surface area contributed by atoms with Crippen LogP contribution < -0.4 is 5.32 Å². The number of aromatic nitrogens is 3. The molecule has 220 valence electrons. The van der Waals surface area contributed by atoms with Gasteiger partial charge in [0.2, 0.25) is 0 Å². The summed E-state index contributed by atoms with van der Waals surface area (Å²) in [6.45, 7) is 3.56. The quantitative estimate of drug-likeness (QED) is 0.386. The number of carbonyl (C=O) groups excluding carboxylic acids is 3. The lowest BCUT2D eigenvalue weighted by Crippen LogP contribution is -2.55. The number of esters is 2. The molecule has 2 aromatic heterocycles. The smallest absolute Gasteiger partial charge is 0.319 e. The van der Waals surface area contributed by atoms with Gasteiger partial charge in [-0.3, -0.25) is 24.2 Å². The van der Waals surface area contributed by atoms with Crippen LogP contribution >= 0.6 is 0 Å². The van der Waals surface area contributed by atoms with Crippen molar-refractivity contribution in [2.45, 2.75) is 37.9 Å². The molecule has 11 nitrogen and oxygen atoms in total. The molecule has 1 amide bonds. The fourth-order valence-electron chi connectivity index (χ4n) is 5.64. The Morgan fingerprint density at radius 3 is 2.43 bits per heavy atom. The van der Waals surface area contributed by atoms with Crippen LogP contribution in [0.3, 0.4) is 0 Å². The molecule has 1 fully saturated rings. The van der Waals surface area contributed by atoms with Crippen molar-refractivity contribution < 1.29 is 23.9 Å². The summed E-state index contributed by atoms with van der Waals surface area (Å²) < 4.78 is 11.3. The maximum atomic E-state index is 13.4. The minimum absolute atomic E-state index is 0.0289. The number of methoxy groups -OCH3 is 2. The zero-order valence-electron chi connectivity index (χ0n) is 24.1. The average Bonchev–Trinajstić information content (AvgIpc) is 3.44. The Hall–Kier alpha value is -4.35. The molecule has 0 spiro atoms. The minimum atomic E-state index is -0.391. The van der Waals surface area contributed by atoms with Crippen LogP contribution in [0.1, 0.15) is 28.9 Å². The third-order valence-electron chi connectivity index (χ3n) is 7.89. The average molecular weight is 573 g/mol. The lowest BCUT2D eigenvalue weighted by molar-refractivity contribution is -0.147. The van der Waals surface area contributed by atoms with E-state index in [2.05, 4.69) is 32.4 Å². The summed E-state index contributed by atoms with van der Waals surface area (Å²) in [7, 11) is 2.68. The topological polar surface area (TPSA) is 118 Å². The molecule has 42 heavy (non-hydrogen) atoms. The molecular formula is C31H36N6O5. The van der Waals surface area contributed by atoms with Gasteiger partial charge in [0.25, 0.3) is 5.91 Å². The summed E-state index contributed by atoms with van der Waals surface area (Å²) >= 11 is 0. The highest BCUT2D eigenvalue weighted by Crippen LogP contribution is 2.25. The molecule has 2 aliphatic rings. The Kier molecular flexibility index (Phi) is 9.09. The van der Waals surface area contributed by atoms with Crippen LogP contribution in [0.2, 0.25) is 0 Å². The number of aryl methyl sites for hydroxylation is 1. The van der Waals surface area contributed by atoms with E-state index in [1.54, 1.807) is 23.0 Å². The van der Waals surface area contributed by atoms with Gasteiger partial charge in [-0.25, -0.2) is 9.50 Å². The first-order valence-corrected chi connectivity index (χ1v) is 14.0. The molecule has 3 aromatic rings. The van der Waals surface area contributed by atoms with Gasteiger partial charge < -0.3 is 14.8 Å². The van der Waals surface area contributed by atoms with Crippen molar-refractivity contribution in [2.24, 2.45) is 0 Å². The van der Waals surface area contributed by atoms with E-state index >= 15 is 0 Å². The lowest BCUT2D eigenvalue weighted by Gasteiger charge is -2.42. The maximum absolute atomic E-state index is 13.4. The van der Waals surface area contributed by atoms with Crippen LogP contribution in [0.15, 0.2) is 67.0 Å². The molecule has 2 atom stereocenters. The fourth-order valence-corrected chi connectivity index (χ4v) is 5.64. The zero-order chi connectivity index (χ0) is 29.6. The van der Waals surface area contributed by atoms with E-state index < -0.39 is 11.9 Å². The number of ether oxygens (including phenoxy) is 2. The molecule has 3 heterocycles. The molecule has 1 aliphatic carbocycles. The van der Waals surface area contributed by atoms with Gasteiger partial charge in [0.05, 0.1) is 45.6 Å². The van der Waals surface area contributed by atoms with Crippen molar-refractivity contribution in [1.29, 1.82) is 0 Å².